The Morgan fingerprint density at radius 3 is 2.70 bits per heavy atom. The van der Waals surface area contributed by atoms with Crippen LogP contribution in [-0.2, 0) is 20.7 Å². The Morgan fingerprint density at radius 2 is 2.00 bits per heavy atom. The Kier molecular flexibility index (Phi) is 9.02. The molecule has 46 heavy (non-hydrogen) atoms. The lowest BCUT2D eigenvalue weighted by Gasteiger charge is -2.38. The number of aliphatic imine (C=N–C) groups is 1. The molecule has 3 aromatic rings. The molecule has 4 heterocycles. The highest BCUT2D eigenvalue weighted by molar-refractivity contribution is 7.11. The van der Waals surface area contributed by atoms with Crippen LogP contribution in [0.2, 0.25) is 5.02 Å². The first-order valence-electron chi connectivity index (χ1n) is 14.4. The van der Waals surface area contributed by atoms with Crippen molar-refractivity contribution >= 4 is 52.4 Å². The van der Waals surface area contributed by atoms with Gasteiger partial charge in [0.1, 0.15) is 17.7 Å². The predicted octanol–water partition coefficient (Wildman–Crippen LogP) is 4.24. The minimum atomic E-state index is -0.972. The third kappa shape index (κ3) is 6.32. The van der Waals surface area contributed by atoms with Crippen LogP contribution in [0.5, 0.6) is 0 Å². The Balaban J connectivity index is 1.25. The molecule has 0 saturated carbocycles. The fourth-order valence-electron chi connectivity index (χ4n) is 5.98. The summed E-state index contributed by atoms with van der Waals surface area (Å²) in [5.74, 6) is -2.29. The number of hydrogen-bond donors (Lipinski definition) is 2. The third-order valence-electron chi connectivity index (χ3n) is 8.17. The zero-order valence-electron chi connectivity index (χ0n) is 24.6. The standard InChI is InChI=1S/C31H29ClF2N6O5S/c1-45-30(43)26-23(36-28(29-35-8-11-46-29)37-27(26)20-5-4-18(33)13-21(20)32)16-38-9-10-39-19(14-38)15-40(31(39)44)24-6-2-17(12-22(24)34)3-7-25(41)42/h2,4-6,8,11-13,19,27H,3,7,9-10,14-16H2,1H3,(H,36,37)(H,41,42)/t19-,27-/m0/s1. The van der Waals surface area contributed by atoms with Crippen molar-refractivity contribution in [3.05, 3.63) is 92.0 Å². The predicted molar refractivity (Wildman–Crippen MR) is 167 cm³/mol. The number of aryl methyl sites for hydroxylation is 1. The number of rotatable bonds is 9. The molecule has 0 bridgehead atoms. The van der Waals surface area contributed by atoms with Gasteiger partial charge in [0, 0.05) is 67.0 Å². The van der Waals surface area contributed by atoms with Gasteiger partial charge in [0.15, 0.2) is 10.8 Å². The molecule has 2 saturated heterocycles. The number of ether oxygens (including phenoxy) is 1. The van der Waals surface area contributed by atoms with E-state index in [9.17, 15) is 18.8 Å². The third-order valence-corrected chi connectivity index (χ3v) is 9.28. The molecule has 0 spiro atoms. The summed E-state index contributed by atoms with van der Waals surface area (Å²) in [6.07, 6.45) is 1.70. The highest BCUT2D eigenvalue weighted by Crippen LogP contribution is 2.37. The molecule has 1 aromatic heterocycles. The number of urea groups is 1. The molecule has 2 amide bonds. The van der Waals surface area contributed by atoms with Gasteiger partial charge in [-0.05, 0) is 36.2 Å². The lowest BCUT2D eigenvalue weighted by atomic mass is 9.95. The quantitative estimate of drug-likeness (QED) is 0.324. The number of hydrogen-bond acceptors (Lipinski definition) is 9. The van der Waals surface area contributed by atoms with Crippen LogP contribution < -0.4 is 10.2 Å². The number of halogens is 3. The minimum absolute atomic E-state index is 0.107. The number of amidine groups is 1. The maximum absolute atomic E-state index is 15.1. The number of aromatic nitrogens is 1. The van der Waals surface area contributed by atoms with E-state index in [1.54, 1.807) is 22.5 Å². The number of nitrogens with one attached hydrogen (secondary N) is 1. The van der Waals surface area contributed by atoms with Gasteiger partial charge in [0.05, 0.1) is 24.4 Å². The van der Waals surface area contributed by atoms with Gasteiger partial charge in [-0.3, -0.25) is 19.6 Å². The molecule has 2 N–H and O–H groups in total. The van der Waals surface area contributed by atoms with Crippen LogP contribution in [0, 0.1) is 11.6 Å². The number of piperazine rings is 1. The second-order valence-corrected chi connectivity index (χ2v) is 12.3. The van der Waals surface area contributed by atoms with Gasteiger partial charge in [-0.2, -0.15) is 0 Å². The summed E-state index contributed by atoms with van der Waals surface area (Å²) in [7, 11) is 1.27. The smallest absolute Gasteiger partial charge is 0.338 e. The number of carboxylic acids is 1. The van der Waals surface area contributed by atoms with Crippen molar-refractivity contribution < 1.29 is 33.0 Å². The Bertz CT molecular complexity index is 1750. The van der Waals surface area contributed by atoms with Crippen LogP contribution in [0.4, 0.5) is 19.3 Å². The topological polar surface area (TPSA) is 128 Å². The monoisotopic (exact) mass is 670 g/mol. The first kappa shape index (κ1) is 31.6. The number of benzene rings is 2. The maximum atomic E-state index is 15.1. The summed E-state index contributed by atoms with van der Waals surface area (Å²) in [6, 6.07) is 6.87. The van der Waals surface area contributed by atoms with E-state index in [2.05, 4.69) is 15.2 Å². The summed E-state index contributed by atoms with van der Waals surface area (Å²) >= 11 is 7.81. The summed E-state index contributed by atoms with van der Waals surface area (Å²) in [5, 5.41) is 14.7. The number of nitrogens with zero attached hydrogens (tertiary/aromatic N) is 5. The molecular weight excluding hydrogens is 642 g/mol. The molecular formula is C31H29ClF2N6O5S. The number of esters is 1. The molecule has 6 rings (SSSR count). The number of methoxy groups -OCH3 is 1. The Labute approximate surface area is 271 Å². The Morgan fingerprint density at radius 1 is 1.17 bits per heavy atom. The van der Waals surface area contributed by atoms with E-state index in [1.807, 2.05) is 0 Å². The number of carbonyl (C=O) groups is 3. The normalized spacial score (nSPS) is 20.0. The van der Waals surface area contributed by atoms with Crippen molar-refractivity contribution in [2.75, 3.05) is 44.7 Å². The second kappa shape index (κ2) is 13.1. The molecule has 3 aliphatic heterocycles. The van der Waals surface area contributed by atoms with Crippen molar-refractivity contribution in [2.45, 2.75) is 24.9 Å². The van der Waals surface area contributed by atoms with E-state index in [0.29, 0.717) is 47.3 Å². The Hall–Kier alpha value is -4.40. The molecule has 240 valence electrons. The molecule has 0 aliphatic carbocycles. The van der Waals surface area contributed by atoms with Gasteiger partial charge in [0.25, 0.3) is 0 Å². The largest absolute Gasteiger partial charge is 0.481 e. The lowest BCUT2D eigenvalue weighted by Crippen LogP contribution is -2.53. The van der Waals surface area contributed by atoms with Gasteiger partial charge in [-0.15, -0.1) is 11.3 Å². The van der Waals surface area contributed by atoms with Gasteiger partial charge in [-0.25, -0.2) is 23.4 Å². The fourth-order valence-corrected chi connectivity index (χ4v) is 6.84. The lowest BCUT2D eigenvalue weighted by molar-refractivity contribution is -0.137. The van der Waals surface area contributed by atoms with E-state index in [-0.39, 0.29) is 54.3 Å². The van der Waals surface area contributed by atoms with E-state index in [1.165, 1.54) is 53.7 Å². The number of thiazole rings is 1. The minimum Gasteiger partial charge on any atom is -0.481 e. The molecule has 0 radical (unpaired) electrons. The van der Waals surface area contributed by atoms with Crippen LogP contribution in [0.1, 0.15) is 28.6 Å². The van der Waals surface area contributed by atoms with Crippen LogP contribution in [0.25, 0.3) is 0 Å². The van der Waals surface area contributed by atoms with E-state index in [4.69, 9.17) is 26.4 Å². The fraction of sp³-hybridized carbons (Fsp3) is 0.323. The van der Waals surface area contributed by atoms with Crippen molar-refractivity contribution in [1.82, 2.24) is 20.1 Å². The molecule has 0 unspecified atom stereocenters. The second-order valence-electron chi connectivity index (χ2n) is 11.0. The molecule has 2 fully saturated rings. The summed E-state index contributed by atoms with van der Waals surface area (Å²) in [4.78, 5) is 51.9. The number of carboxylic acid groups (broad SMARTS) is 1. The first-order valence-corrected chi connectivity index (χ1v) is 15.7. The summed E-state index contributed by atoms with van der Waals surface area (Å²) in [6.45, 7) is 1.79. The number of carbonyl (C=O) groups excluding carboxylic acids is 2. The van der Waals surface area contributed by atoms with Crippen LogP contribution >= 0.6 is 22.9 Å². The van der Waals surface area contributed by atoms with Gasteiger partial charge in [-0.1, -0.05) is 23.7 Å². The molecule has 2 atom stereocenters. The van der Waals surface area contributed by atoms with Crippen LogP contribution in [0.3, 0.4) is 0 Å². The zero-order chi connectivity index (χ0) is 32.5. The SMILES string of the molecule is COC(=O)C1=C(CN2CCN3C(=O)N(c4ccc(CCC(=O)O)cc4F)C[C@@H]3C2)NC(c2nccs2)=N[C@H]1c1ccc(F)cc1Cl. The van der Waals surface area contributed by atoms with E-state index >= 15 is 4.39 Å². The average molecular weight is 671 g/mol. The van der Waals surface area contributed by atoms with Gasteiger partial charge in [0.2, 0.25) is 0 Å². The molecule has 3 aliphatic rings. The first-order chi connectivity index (χ1) is 22.1. The zero-order valence-corrected chi connectivity index (χ0v) is 26.2. The van der Waals surface area contributed by atoms with Crippen molar-refractivity contribution in [3.8, 4) is 0 Å². The van der Waals surface area contributed by atoms with Crippen molar-refractivity contribution in [3.63, 3.8) is 0 Å². The average Bonchev–Trinajstić information content (AvgIpc) is 3.68. The number of aliphatic carboxylic acids is 1. The number of amides is 2. The van der Waals surface area contributed by atoms with Crippen molar-refractivity contribution in [1.29, 1.82) is 0 Å². The van der Waals surface area contributed by atoms with Crippen LogP contribution in [0.15, 0.2) is 64.2 Å². The van der Waals surface area contributed by atoms with Crippen LogP contribution in [-0.4, -0.2) is 89.6 Å². The van der Waals surface area contributed by atoms with Gasteiger partial charge >= 0.3 is 18.0 Å². The molecule has 11 nitrogen and oxygen atoms in total. The van der Waals surface area contributed by atoms with E-state index < -0.39 is 29.6 Å². The number of fused-ring (bicyclic) bond motifs is 1. The molecule has 15 heteroatoms. The maximum Gasteiger partial charge on any atom is 0.338 e. The summed E-state index contributed by atoms with van der Waals surface area (Å²) < 4.78 is 34.3. The summed E-state index contributed by atoms with van der Waals surface area (Å²) in [5.41, 5.74) is 1.82. The highest BCUT2D eigenvalue weighted by Gasteiger charge is 2.43. The van der Waals surface area contributed by atoms with E-state index in [0.717, 1.165) is 0 Å². The molecule has 2 aromatic carbocycles. The van der Waals surface area contributed by atoms with Gasteiger partial charge < -0.3 is 20.1 Å². The van der Waals surface area contributed by atoms with Crippen molar-refractivity contribution in [2.24, 2.45) is 4.99 Å². The number of anilines is 1. The highest BCUT2D eigenvalue weighted by atomic mass is 35.5.